The van der Waals surface area contributed by atoms with Gasteiger partial charge in [-0.2, -0.15) is 0 Å². The van der Waals surface area contributed by atoms with Gasteiger partial charge in [-0.1, -0.05) is 63.1 Å². The molecule has 0 saturated heterocycles. The van der Waals surface area contributed by atoms with Crippen LogP contribution in [0.25, 0.3) is 0 Å². The molecule has 0 radical (unpaired) electrons. The highest BCUT2D eigenvalue weighted by atomic mass is 35.5. The van der Waals surface area contributed by atoms with Gasteiger partial charge >= 0.3 is 0 Å². The molecule has 0 bridgehead atoms. The molecule has 5 nitrogen and oxygen atoms in total. The van der Waals surface area contributed by atoms with Crippen molar-refractivity contribution < 1.29 is 18.7 Å². The van der Waals surface area contributed by atoms with E-state index in [0.29, 0.717) is 23.6 Å². The lowest BCUT2D eigenvalue weighted by molar-refractivity contribution is 0.0829. The number of carbonyl (C=O) groups is 1. The number of carbonyl (C=O) groups excluding carboxylic acids is 1. The van der Waals surface area contributed by atoms with Crippen LogP contribution >= 0.6 is 12.4 Å². The second kappa shape index (κ2) is 17.3. The number of halogens is 3. The van der Waals surface area contributed by atoms with E-state index in [2.05, 4.69) is 61.6 Å². The fraction of sp³-hybridized carbons (Fsp3) is 0.441. The van der Waals surface area contributed by atoms with Gasteiger partial charge in [0.1, 0.15) is 11.6 Å². The summed E-state index contributed by atoms with van der Waals surface area (Å²) in [6, 6.07) is 16.5. The number of rotatable bonds is 15. The zero-order valence-electron chi connectivity index (χ0n) is 25.4. The lowest BCUT2D eigenvalue weighted by atomic mass is 9.99. The molecule has 0 spiro atoms. The van der Waals surface area contributed by atoms with Crippen molar-refractivity contribution in [3.8, 4) is 0 Å². The predicted octanol–water partition coefficient (Wildman–Crippen LogP) is 6.54. The van der Waals surface area contributed by atoms with Crippen molar-refractivity contribution in [1.82, 2.24) is 15.5 Å². The first kappa shape index (κ1) is 35.4. The third-order valence-electron chi connectivity index (χ3n) is 7.20. The predicted molar refractivity (Wildman–Crippen MR) is 169 cm³/mol. The molecule has 0 heterocycles. The van der Waals surface area contributed by atoms with E-state index in [4.69, 9.17) is 0 Å². The second-order valence-corrected chi connectivity index (χ2v) is 11.5. The highest BCUT2D eigenvalue weighted by Gasteiger charge is 2.23. The Hall–Kier alpha value is -2.84. The number of amides is 1. The Labute approximate surface area is 256 Å². The molecular weight excluding hydrogens is 556 g/mol. The maximum absolute atomic E-state index is 14.0. The van der Waals surface area contributed by atoms with E-state index in [1.54, 1.807) is 0 Å². The van der Waals surface area contributed by atoms with Crippen molar-refractivity contribution in [3.05, 3.63) is 106 Å². The highest BCUT2D eigenvalue weighted by molar-refractivity contribution is 5.94. The molecular formula is C34H46ClF2N3O2. The third-order valence-corrected chi connectivity index (χ3v) is 7.20. The van der Waals surface area contributed by atoms with E-state index in [0.717, 1.165) is 48.7 Å². The summed E-state index contributed by atoms with van der Waals surface area (Å²) in [5.41, 5.74) is 5.17. The summed E-state index contributed by atoms with van der Waals surface area (Å²) in [7, 11) is 2.06. The van der Waals surface area contributed by atoms with Crippen molar-refractivity contribution in [2.24, 2.45) is 0 Å². The first-order valence-corrected chi connectivity index (χ1v) is 14.6. The van der Waals surface area contributed by atoms with Crippen LogP contribution in [0.2, 0.25) is 0 Å². The number of nitrogens with one attached hydrogen (secondary N) is 2. The van der Waals surface area contributed by atoms with Gasteiger partial charge in [-0.25, -0.2) is 8.78 Å². The van der Waals surface area contributed by atoms with Gasteiger partial charge in [0.2, 0.25) is 0 Å². The minimum atomic E-state index is -0.997. The van der Waals surface area contributed by atoms with E-state index in [1.165, 1.54) is 17.7 Å². The van der Waals surface area contributed by atoms with E-state index in [9.17, 15) is 18.7 Å². The summed E-state index contributed by atoms with van der Waals surface area (Å²) in [4.78, 5) is 15.7. The van der Waals surface area contributed by atoms with Crippen LogP contribution in [0, 0.1) is 18.6 Å². The van der Waals surface area contributed by atoms with Crippen LogP contribution in [0.15, 0.2) is 60.7 Å². The Bertz CT molecular complexity index is 1270. The molecule has 0 aliphatic rings. The summed E-state index contributed by atoms with van der Waals surface area (Å²) in [6.45, 7) is 10.8. The van der Waals surface area contributed by atoms with Gasteiger partial charge in [0.25, 0.3) is 5.91 Å². The second-order valence-electron chi connectivity index (χ2n) is 11.5. The lowest BCUT2D eigenvalue weighted by Crippen LogP contribution is -2.48. The minimum absolute atomic E-state index is 0. The quantitative estimate of drug-likeness (QED) is 0.185. The smallest absolute Gasteiger partial charge is 0.251 e. The number of hydrogen-bond donors (Lipinski definition) is 3. The molecule has 0 aromatic heterocycles. The van der Waals surface area contributed by atoms with Crippen molar-refractivity contribution >= 4 is 18.3 Å². The zero-order chi connectivity index (χ0) is 29.9. The van der Waals surface area contributed by atoms with Gasteiger partial charge in [0.05, 0.1) is 12.1 Å². The van der Waals surface area contributed by atoms with Crippen LogP contribution in [0.4, 0.5) is 8.78 Å². The first-order chi connectivity index (χ1) is 19.5. The number of hydrogen-bond acceptors (Lipinski definition) is 4. The summed E-state index contributed by atoms with van der Waals surface area (Å²) in [5, 5.41) is 17.4. The molecule has 0 unspecified atom stereocenters. The third kappa shape index (κ3) is 11.4. The molecule has 3 N–H and O–H groups in total. The standard InChI is InChI=1S/C34H45F2N3O2.ClH/c1-6-7-11-39(5)22-27-12-24(4)13-29(15-27)34(41)38-32(18-26-16-30(35)19-31(36)17-26)33(40)21-37-20-25-9-8-10-28(14-25)23(2)3;/h8-10,12-17,19,23,32-33,37,40H,6-7,11,18,20-22H2,1-5H3,(H,38,41);1H/t32-,33+;/m0./s1. The highest BCUT2D eigenvalue weighted by Crippen LogP contribution is 2.17. The molecule has 0 fully saturated rings. The van der Waals surface area contributed by atoms with Gasteiger partial charge in [-0.15, -0.1) is 12.4 Å². The molecule has 2 atom stereocenters. The Balaban J connectivity index is 0.00000616. The average molecular weight is 602 g/mol. The Morgan fingerprint density at radius 3 is 2.36 bits per heavy atom. The van der Waals surface area contributed by atoms with Gasteiger partial charge in [0, 0.05) is 31.3 Å². The monoisotopic (exact) mass is 601 g/mol. The normalized spacial score (nSPS) is 12.7. The number of nitrogens with zero attached hydrogens (tertiary/aromatic N) is 1. The lowest BCUT2D eigenvalue weighted by Gasteiger charge is -2.25. The molecule has 3 rings (SSSR count). The number of aryl methyl sites for hydroxylation is 1. The molecule has 1 amide bonds. The molecule has 3 aromatic rings. The fourth-order valence-electron chi connectivity index (χ4n) is 4.99. The van der Waals surface area contributed by atoms with Crippen LogP contribution in [-0.2, 0) is 19.5 Å². The minimum Gasteiger partial charge on any atom is -0.390 e. The van der Waals surface area contributed by atoms with Gasteiger partial charge in [-0.05, 0) is 85.8 Å². The van der Waals surface area contributed by atoms with Crippen LogP contribution in [0.5, 0.6) is 0 Å². The Morgan fingerprint density at radius 2 is 1.69 bits per heavy atom. The SMILES string of the molecule is CCCCN(C)Cc1cc(C)cc(C(=O)N[C@@H](Cc2cc(F)cc(F)c2)[C@H](O)CNCc2cccc(C(C)C)c2)c1.Cl. The summed E-state index contributed by atoms with van der Waals surface area (Å²) in [5.74, 6) is -1.32. The average Bonchev–Trinajstić information content (AvgIpc) is 2.90. The fourth-order valence-corrected chi connectivity index (χ4v) is 4.99. The maximum atomic E-state index is 14.0. The first-order valence-electron chi connectivity index (χ1n) is 14.6. The van der Waals surface area contributed by atoms with E-state index in [1.807, 2.05) is 31.2 Å². The van der Waals surface area contributed by atoms with Crippen molar-refractivity contribution in [3.63, 3.8) is 0 Å². The number of benzene rings is 3. The Morgan fingerprint density at radius 1 is 0.976 bits per heavy atom. The van der Waals surface area contributed by atoms with Crippen LogP contribution < -0.4 is 10.6 Å². The maximum Gasteiger partial charge on any atom is 0.251 e. The van der Waals surface area contributed by atoms with Crippen LogP contribution in [-0.4, -0.2) is 48.2 Å². The molecule has 3 aromatic carbocycles. The van der Waals surface area contributed by atoms with E-state index < -0.39 is 23.8 Å². The van der Waals surface area contributed by atoms with Crippen molar-refractivity contribution in [2.45, 2.75) is 78.1 Å². The summed E-state index contributed by atoms with van der Waals surface area (Å²) < 4.78 is 27.9. The summed E-state index contributed by atoms with van der Waals surface area (Å²) in [6.07, 6.45) is 1.30. The van der Waals surface area contributed by atoms with Crippen molar-refractivity contribution in [2.75, 3.05) is 20.1 Å². The number of aliphatic hydroxyl groups excluding tert-OH is 1. The molecule has 0 aliphatic carbocycles. The van der Waals surface area contributed by atoms with E-state index >= 15 is 0 Å². The van der Waals surface area contributed by atoms with Gasteiger partial charge in [0.15, 0.2) is 0 Å². The molecule has 230 valence electrons. The van der Waals surface area contributed by atoms with E-state index in [-0.39, 0.29) is 31.3 Å². The van der Waals surface area contributed by atoms with Crippen LogP contribution in [0.3, 0.4) is 0 Å². The number of unbranched alkanes of at least 4 members (excludes halogenated alkanes) is 1. The zero-order valence-corrected chi connectivity index (χ0v) is 26.2. The van der Waals surface area contributed by atoms with Crippen LogP contribution in [0.1, 0.15) is 77.7 Å². The summed E-state index contributed by atoms with van der Waals surface area (Å²) >= 11 is 0. The topological polar surface area (TPSA) is 64.6 Å². The molecule has 42 heavy (non-hydrogen) atoms. The molecule has 0 aliphatic heterocycles. The van der Waals surface area contributed by atoms with Gasteiger partial charge in [-0.3, -0.25) is 4.79 Å². The van der Waals surface area contributed by atoms with Crippen molar-refractivity contribution in [1.29, 1.82) is 0 Å². The largest absolute Gasteiger partial charge is 0.390 e. The van der Waals surface area contributed by atoms with Gasteiger partial charge < -0.3 is 20.6 Å². The number of aliphatic hydroxyl groups is 1. The Kier molecular flexibility index (Phi) is 14.6. The molecule has 8 heteroatoms. The molecule has 0 saturated carbocycles.